The number of ether oxygens (including phenoxy) is 2. The quantitative estimate of drug-likeness (QED) is 0.795. The summed E-state index contributed by atoms with van der Waals surface area (Å²) in [6.45, 7) is 1.67. The minimum absolute atomic E-state index is 0.446. The molecule has 0 spiro atoms. The van der Waals surface area contributed by atoms with E-state index in [1.807, 2.05) is 24.3 Å². The highest BCUT2D eigenvalue weighted by atomic mass is 16.5. The van der Waals surface area contributed by atoms with E-state index in [-0.39, 0.29) is 0 Å². The molecule has 1 atom stereocenters. The molecule has 1 unspecified atom stereocenters. The molecule has 0 aliphatic carbocycles. The Morgan fingerprint density at radius 1 is 1.50 bits per heavy atom. The summed E-state index contributed by atoms with van der Waals surface area (Å²) in [5.41, 5.74) is 1.10. The van der Waals surface area contributed by atoms with Crippen molar-refractivity contribution in [3.8, 4) is 5.75 Å². The van der Waals surface area contributed by atoms with Crippen molar-refractivity contribution in [3.63, 3.8) is 0 Å². The SMILES string of the molecule is COc1cccc(NC2CCOC2)c1. The lowest BCUT2D eigenvalue weighted by molar-refractivity contribution is 0.195. The van der Waals surface area contributed by atoms with E-state index >= 15 is 0 Å². The number of benzene rings is 1. The molecule has 3 heteroatoms. The van der Waals surface area contributed by atoms with Gasteiger partial charge in [-0.3, -0.25) is 0 Å². The van der Waals surface area contributed by atoms with Crippen LogP contribution in [0.15, 0.2) is 24.3 Å². The second-order valence-corrected chi connectivity index (χ2v) is 3.44. The van der Waals surface area contributed by atoms with Gasteiger partial charge in [-0.25, -0.2) is 0 Å². The van der Waals surface area contributed by atoms with E-state index in [9.17, 15) is 0 Å². The predicted octanol–water partition coefficient (Wildman–Crippen LogP) is 1.90. The topological polar surface area (TPSA) is 30.5 Å². The van der Waals surface area contributed by atoms with E-state index in [4.69, 9.17) is 9.47 Å². The van der Waals surface area contributed by atoms with Crippen molar-refractivity contribution in [2.45, 2.75) is 12.5 Å². The Labute approximate surface area is 84.0 Å². The van der Waals surface area contributed by atoms with Crippen molar-refractivity contribution in [3.05, 3.63) is 24.3 Å². The molecule has 1 saturated heterocycles. The molecule has 14 heavy (non-hydrogen) atoms. The first-order valence-electron chi connectivity index (χ1n) is 4.87. The zero-order chi connectivity index (χ0) is 9.80. The molecule has 1 fully saturated rings. The average Bonchev–Trinajstić information content (AvgIpc) is 2.71. The summed E-state index contributed by atoms with van der Waals surface area (Å²) < 4.78 is 10.4. The fourth-order valence-corrected chi connectivity index (χ4v) is 1.60. The zero-order valence-electron chi connectivity index (χ0n) is 8.32. The largest absolute Gasteiger partial charge is 0.497 e. The highest BCUT2D eigenvalue weighted by Gasteiger charge is 2.14. The molecule has 76 valence electrons. The number of nitrogens with one attached hydrogen (secondary N) is 1. The second kappa shape index (κ2) is 4.33. The Balaban J connectivity index is 2.00. The third-order valence-corrected chi connectivity index (χ3v) is 2.37. The minimum Gasteiger partial charge on any atom is -0.497 e. The Hall–Kier alpha value is -1.22. The van der Waals surface area contributed by atoms with Gasteiger partial charge in [-0.2, -0.15) is 0 Å². The highest BCUT2D eigenvalue weighted by molar-refractivity contribution is 5.48. The van der Waals surface area contributed by atoms with Gasteiger partial charge in [0.25, 0.3) is 0 Å². The lowest BCUT2D eigenvalue weighted by atomic mass is 10.2. The van der Waals surface area contributed by atoms with Crippen LogP contribution in [0, 0.1) is 0 Å². The summed E-state index contributed by atoms with van der Waals surface area (Å²) in [6.07, 6.45) is 1.08. The summed E-state index contributed by atoms with van der Waals surface area (Å²) in [4.78, 5) is 0. The van der Waals surface area contributed by atoms with E-state index in [2.05, 4.69) is 5.32 Å². The van der Waals surface area contributed by atoms with E-state index in [1.165, 1.54) is 0 Å². The first-order valence-corrected chi connectivity index (χ1v) is 4.87. The third-order valence-electron chi connectivity index (χ3n) is 2.37. The van der Waals surface area contributed by atoms with Crippen molar-refractivity contribution in [1.82, 2.24) is 0 Å². The Bertz CT molecular complexity index is 295. The van der Waals surface area contributed by atoms with Gasteiger partial charge in [0.05, 0.1) is 19.8 Å². The van der Waals surface area contributed by atoms with E-state index in [1.54, 1.807) is 7.11 Å². The lowest BCUT2D eigenvalue weighted by Gasteiger charge is -2.12. The number of anilines is 1. The molecule has 1 N–H and O–H groups in total. The molecule has 0 radical (unpaired) electrons. The van der Waals surface area contributed by atoms with Crippen LogP contribution in [0.3, 0.4) is 0 Å². The normalized spacial score (nSPS) is 20.8. The monoisotopic (exact) mass is 193 g/mol. The molecule has 0 bridgehead atoms. The summed E-state index contributed by atoms with van der Waals surface area (Å²) in [5, 5.41) is 3.41. The van der Waals surface area contributed by atoms with E-state index in [0.29, 0.717) is 6.04 Å². The van der Waals surface area contributed by atoms with E-state index in [0.717, 1.165) is 31.1 Å². The number of hydrogen-bond donors (Lipinski definition) is 1. The molecule has 1 aliphatic rings. The Morgan fingerprint density at radius 2 is 2.43 bits per heavy atom. The maximum atomic E-state index is 5.29. The molecule has 0 aromatic heterocycles. The van der Waals surface area contributed by atoms with Gasteiger partial charge in [0.1, 0.15) is 5.75 Å². The number of rotatable bonds is 3. The van der Waals surface area contributed by atoms with Crippen molar-refractivity contribution in [2.24, 2.45) is 0 Å². The standard InChI is InChI=1S/C11H15NO2/c1-13-11-4-2-3-9(7-11)12-10-5-6-14-8-10/h2-4,7,10,12H,5-6,8H2,1H3. The van der Waals surface area contributed by atoms with Gasteiger partial charge < -0.3 is 14.8 Å². The van der Waals surface area contributed by atoms with Gasteiger partial charge in [0, 0.05) is 18.4 Å². The molecular weight excluding hydrogens is 178 g/mol. The summed E-state index contributed by atoms with van der Waals surface area (Å²) >= 11 is 0. The summed E-state index contributed by atoms with van der Waals surface area (Å²) in [6, 6.07) is 8.41. The van der Waals surface area contributed by atoms with Gasteiger partial charge >= 0.3 is 0 Å². The van der Waals surface area contributed by atoms with Crippen LogP contribution < -0.4 is 10.1 Å². The minimum atomic E-state index is 0.446. The zero-order valence-corrected chi connectivity index (χ0v) is 8.32. The van der Waals surface area contributed by atoms with Gasteiger partial charge in [0.15, 0.2) is 0 Å². The lowest BCUT2D eigenvalue weighted by Crippen LogP contribution is -2.18. The van der Waals surface area contributed by atoms with Crippen LogP contribution >= 0.6 is 0 Å². The maximum absolute atomic E-state index is 5.29. The van der Waals surface area contributed by atoms with Gasteiger partial charge in [-0.05, 0) is 18.6 Å². The van der Waals surface area contributed by atoms with Crippen LogP contribution in [0.2, 0.25) is 0 Å². The molecule has 1 heterocycles. The fraction of sp³-hybridized carbons (Fsp3) is 0.455. The molecule has 0 amide bonds. The molecule has 1 aromatic rings. The molecule has 1 aromatic carbocycles. The smallest absolute Gasteiger partial charge is 0.120 e. The average molecular weight is 193 g/mol. The van der Waals surface area contributed by atoms with Crippen LogP contribution in [0.5, 0.6) is 5.75 Å². The van der Waals surface area contributed by atoms with Crippen LogP contribution in [-0.2, 0) is 4.74 Å². The molecule has 2 rings (SSSR count). The van der Waals surface area contributed by atoms with Gasteiger partial charge in [0.2, 0.25) is 0 Å². The first kappa shape index (κ1) is 9.34. The number of methoxy groups -OCH3 is 1. The van der Waals surface area contributed by atoms with Crippen molar-refractivity contribution >= 4 is 5.69 Å². The van der Waals surface area contributed by atoms with Crippen molar-refractivity contribution in [2.75, 3.05) is 25.6 Å². The first-order chi connectivity index (χ1) is 6.88. The fourth-order valence-electron chi connectivity index (χ4n) is 1.60. The van der Waals surface area contributed by atoms with Gasteiger partial charge in [-0.1, -0.05) is 6.07 Å². The molecular formula is C11H15NO2. The van der Waals surface area contributed by atoms with Gasteiger partial charge in [-0.15, -0.1) is 0 Å². The van der Waals surface area contributed by atoms with Crippen LogP contribution in [0.25, 0.3) is 0 Å². The third kappa shape index (κ3) is 2.17. The van der Waals surface area contributed by atoms with Crippen LogP contribution in [0.4, 0.5) is 5.69 Å². The predicted molar refractivity (Wildman–Crippen MR) is 55.8 cm³/mol. The Kier molecular flexibility index (Phi) is 2.89. The number of hydrogen-bond acceptors (Lipinski definition) is 3. The molecule has 0 saturated carbocycles. The summed E-state index contributed by atoms with van der Waals surface area (Å²) in [7, 11) is 1.68. The van der Waals surface area contributed by atoms with Crippen LogP contribution in [0.1, 0.15) is 6.42 Å². The van der Waals surface area contributed by atoms with Crippen LogP contribution in [-0.4, -0.2) is 26.4 Å². The highest BCUT2D eigenvalue weighted by Crippen LogP contribution is 2.19. The van der Waals surface area contributed by atoms with E-state index < -0.39 is 0 Å². The van der Waals surface area contributed by atoms with Crippen molar-refractivity contribution in [1.29, 1.82) is 0 Å². The van der Waals surface area contributed by atoms with Crippen molar-refractivity contribution < 1.29 is 9.47 Å². The summed E-state index contributed by atoms with van der Waals surface area (Å²) in [5.74, 6) is 0.883. The molecule has 1 aliphatic heterocycles. The second-order valence-electron chi connectivity index (χ2n) is 3.44. The molecule has 3 nitrogen and oxygen atoms in total. The maximum Gasteiger partial charge on any atom is 0.120 e. The Morgan fingerprint density at radius 3 is 3.14 bits per heavy atom.